The van der Waals surface area contributed by atoms with Crippen molar-refractivity contribution in [3.8, 4) is 11.4 Å². The summed E-state index contributed by atoms with van der Waals surface area (Å²) >= 11 is 0. The van der Waals surface area contributed by atoms with Crippen LogP contribution in [0, 0.1) is 0 Å². The summed E-state index contributed by atoms with van der Waals surface area (Å²) in [5.41, 5.74) is 1.91. The maximum absolute atomic E-state index is 10.3. The molecule has 1 aromatic carbocycles. The van der Waals surface area contributed by atoms with E-state index in [1.165, 1.54) is 0 Å². The van der Waals surface area contributed by atoms with Crippen LogP contribution in [-0.2, 0) is 11.3 Å². The number of aromatic nitrogens is 2. The lowest BCUT2D eigenvalue weighted by Gasteiger charge is -2.04. The van der Waals surface area contributed by atoms with Gasteiger partial charge in [0.25, 0.3) is 0 Å². The summed E-state index contributed by atoms with van der Waals surface area (Å²) in [5, 5.41) is 11.5. The zero-order valence-electron chi connectivity index (χ0n) is 10.4. The van der Waals surface area contributed by atoms with Gasteiger partial charge < -0.3 is 10.4 Å². The van der Waals surface area contributed by atoms with Gasteiger partial charge in [-0.1, -0.05) is 30.3 Å². The van der Waals surface area contributed by atoms with Crippen molar-refractivity contribution in [3.05, 3.63) is 48.3 Å². The highest BCUT2D eigenvalue weighted by Gasteiger charge is 2.01. The predicted octanol–water partition coefficient (Wildman–Crippen LogP) is 1.71. The first-order valence-corrected chi connectivity index (χ1v) is 6.04. The van der Waals surface area contributed by atoms with Crippen molar-refractivity contribution in [3.63, 3.8) is 0 Å². The van der Waals surface area contributed by atoms with Crippen LogP contribution in [0.1, 0.15) is 12.0 Å². The van der Waals surface area contributed by atoms with E-state index in [1.54, 1.807) is 12.4 Å². The highest BCUT2D eigenvalue weighted by atomic mass is 16.4. The molecule has 5 nitrogen and oxygen atoms in total. The molecular weight excluding hydrogens is 242 g/mol. The molecule has 2 rings (SSSR count). The van der Waals surface area contributed by atoms with Gasteiger partial charge in [0.2, 0.25) is 0 Å². The molecule has 1 heterocycles. The standard InChI is InChI=1S/C14H15N3O2/c18-13(19)6-7-15-8-11-9-16-14(17-10-11)12-4-2-1-3-5-12/h1-5,9-10,15H,6-8H2,(H,18,19). The van der Waals surface area contributed by atoms with E-state index in [9.17, 15) is 4.79 Å². The normalized spacial score (nSPS) is 10.3. The van der Waals surface area contributed by atoms with Crippen LogP contribution in [0.15, 0.2) is 42.7 Å². The van der Waals surface area contributed by atoms with Crippen LogP contribution >= 0.6 is 0 Å². The number of benzene rings is 1. The monoisotopic (exact) mass is 257 g/mol. The SMILES string of the molecule is O=C(O)CCNCc1cnc(-c2ccccc2)nc1. The zero-order valence-corrected chi connectivity index (χ0v) is 10.4. The average Bonchev–Trinajstić information content (AvgIpc) is 2.45. The molecule has 1 aromatic heterocycles. The molecule has 0 radical (unpaired) electrons. The van der Waals surface area contributed by atoms with E-state index in [4.69, 9.17) is 5.11 Å². The Labute approximate surface area is 111 Å². The molecule has 0 saturated heterocycles. The second-order valence-electron chi connectivity index (χ2n) is 4.10. The Bertz CT molecular complexity index is 526. The van der Waals surface area contributed by atoms with E-state index < -0.39 is 5.97 Å². The Morgan fingerprint density at radius 2 is 1.84 bits per heavy atom. The fourth-order valence-corrected chi connectivity index (χ4v) is 1.61. The van der Waals surface area contributed by atoms with Crippen LogP contribution in [0.3, 0.4) is 0 Å². The van der Waals surface area contributed by atoms with E-state index in [0.29, 0.717) is 18.9 Å². The highest BCUT2D eigenvalue weighted by Crippen LogP contribution is 2.12. The van der Waals surface area contributed by atoms with Crippen LogP contribution in [0.5, 0.6) is 0 Å². The first-order chi connectivity index (χ1) is 9.25. The lowest BCUT2D eigenvalue weighted by molar-refractivity contribution is -0.136. The Kier molecular flexibility index (Phi) is 4.58. The molecule has 0 atom stereocenters. The third-order valence-electron chi connectivity index (χ3n) is 2.58. The molecular formula is C14H15N3O2. The highest BCUT2D eigenvalue weighted by molar-refractivity contribution is 5.66. The fraction of sp³-hybridized carbons (Fsp3) is 0.214. The smallest absolute Gasteiger partial charge is 0.304 e. The summed E-state index contributed by atoms with van der Waals surface area (Å²) in [7, 11) is 0. The zero-order chi connectivity index (χ0) is 13.5. The van der Waals surface area contributed by atoms with E-state index in [2.05, 4.69) is 15.3 Å². The Hall–Kier alpha value is -2.27. The second kappa shape index (κ2) is 6.61. The minimum absolute atomic E-state index is 0.114. The minimum atomic E-state index is -0.803. The van der Waals surface area contributed by atoms with Crippen molar-refractivity contribution in [2.24, 2.45) is 0 Å². The molecule has 0 amide bonds. The molecule has 0 aliphatic heterocycles. The van der Waals surface area contributed by atoms with Gasteiger partial charge in [-0.05, 0) is 0 Å². The predicted molar refractivity (Wildman–Crippen MR) is 71.4 cm³/mol. The number of rotatable bonds is 6. The van der Waals surface area contributed by atoms with Crippen LogP contribution in [0.25, 0.3) is 11.4 Å². The van der Waals surface area contributed by atoms with Gasteiger partial charge in [-0.3, -0.25) is 4.79 Å². The molecule has 5 heteroatoms. The molecule has 19 heavy (non-hydrogen) atoms. The van der Waals surface area contributed by atoms with E-state index >= 15 is 0 Å². The minimum Gasteiger partial charge on any atom is -0.481 e. The second-order valence-corrected chi connectivity index (χ2v) is 4.10. The summed E-state index contributed by atoms with van der Waals surface area (Å²) in [6.07, 6.45) is 3.62. The Balaban J connectivity index is 1.90. The third kappa shape index (κ3) is 4.15. The molecule has 0 saturated carbocycles. The van der Waals surface area contributed by atoms with Crippen molar-refractivity contribution >= 4 is 5.97 Å². The van der Waals surface area contributed by atoms with Gasteiger partial charge in [0.1, 0.15) is 0 Å². The summed E-state index contributed by atoms with van der Waals surface area (Å²) in [6, 6.07) is 9.75. The van der Waals surface area contributed by atoms with Crippen LogP contribution in [0.2, 0.25) is 0 Å². The van der Waals surface area contributed by atoms with E-state index in [-0.39, 0.29) is 6.42 Å². The number of nitrogens with zero attached hydrogens (tertiary/aromatic N) is 2. The van der Waals surface area contributed by atoms with Crippen LogP contribution in [-0.4, -0.2) is 27.6 Å². The van der Waals surface area contributed by atoms with Crippen molar-refractivity contribution < 1.29 is 9.90 Å². The molecule has 0 fully saturated rings. The van der Waals surface area contributed by atoms with Gasteiger partial charge in [0, 0.05) is 36.6 Å². The molecule has 0 aliphatic rings. The lowest BCUT2D eigenvalue weighted by atomic mass is 10.2. The molecule has 2 aromatic rings. The van der Waals surface area contributed by atoms with Crippen LogP contribution in [0.4, 0.5) is 0 Å². The van der Waals surface area contributed by atoms with Gasteiger partial charge in [0.05, 0.1) is 6.42 Å². The average molecular weight is 257 g/mol. The topological polar surface area (TPSA) is 75.1 Å². The van der Waals surface area contributed by atoms with Crippen molar-refractivity contribution in [2.75, 3.05) is 6.54 Å². The lowest BCUT2D eigenvalue weighted by Crippen LogP contribution is -2.17. The number of hydrogen-bond acceptors (Lipinski definition) is 4. The van der Waals surface area contributed by atoms with E-state index in [1.807, 2.05) is 30.3 Å². The number of nitrogens with one attached hydrogen (secondary N) is 1. The quantitative estimate of drug-likeness (QED) is 0.770. The number of carboxylic acids is 1. The fourth-order valence-electron chi connectivity index (χ4n) is 1.61. The number of carboxylic acid groups (broad SMARTS) is 1. The summed E-state index contributed by atoms with van der Waals surface area (Å²) in [5.74, 6) is -0.113. The molecule has 0 spiro atoms. The van der Waals surface area contributed by atoms with Gasteiger partial charge >= 0.3 is 5.97 Å². The summed E-state index contributed by atoms with van der Waals surface area (Å²) < 4.78 is 0. The number of aliphatic carboxylic acids is 1. The van der Waals surface area contributed by atoms with Crippen molar-refractivity contribution in [1.29, 1.82) is 0 Å². The Morgan fingerprint density at radius 1 is 1.16 bits per heavy atom. The first-order valence-electron chi connectivity index (χ1n) is 6.04. The largest absolute Gasteiger partial charge is 0.481 e. The molecule has 0 unspecified atom stereocenters. The van der Waals surface area contributed by atoms with Gasteiger partial charge in [-0.25, -0.2) is 9.97 Å². The number of carbonyl (C=O) groups is 1. The molecule has 98 valence electrons. The third-order valence-corrected chi connectivity index (χ3v) is 2.58. The summed E-state index contributed by atoms with van der Waals surface area (Å²) in [6.45, 7) is 1.01. The molecule has 0 bridgehead atoms. The Morgan fingerprint density at radius 3 is 2.47 bits per heavy atom. The summed E-state index contributed by atoms with van der Waals surface area (Å²) in [4.78, 5) is 18.9. The molecule has 0 aliphatic carbocycles. The van der Waals surface area contributed by atoms with Crippen molar-refractivity contribution in [2.45, 2.75) is 13.0 Å². The maximum atomic E-state index is 10.3. The van der Waals surface area contributed by atoms with Gasteiger partial charge in [-0.15, -0.1) is 0 Å². The van der Waals surface area contributed by atoms with Gasteiger partial charge in [-0.2, -0.15) is 0 Å². The van der Waals surface area contributed by atoms with Crippen molar-refractivity contribution in [1.82, 2.24) is 15.3 Å². The molecule has 2 N–H and O–H groups in total. The maximum Gasteiger partial charge on any atom is 0.304 e. The van der Waals surface area contributed by atoms with E-state index in [0.717, 1.165) is 11.1 Å². The van der Waals surface area contributed by atoms with Gasteiger partial charge in [0.15, 0.2) is 5.82 Å². The number of hydrogen-bond donors (Lipinski definition) is 2. The first kappa shape index (κ1) is 13.2. The van der Waals surface area contributed by atoms with Crippen LogP contribution < -0.4 is 5.32 Å².